The Balaban J connectivity index is 0.000000490. The highest BCUT2D eigenvalue weighted by atomic mass is 14.9. The molecule has 0 heterocycles. The maximum atomic E-state index is 3.26. The Kier molecular flexibility index (Phi) is 3.88. The Labute approximate surface area is 52.5 Å². The molecule has 0 amide bonds. The molecule has 1 fully saturated rings. The van der Waals surface area contributed by atoms with Gasteiger partial charge in [0.05, 0.1) is 0 Å². The van der Waals surface area contributed by atoms with Crippen molar-refractivity contribution in [3.63, 3.8) is 0 Å². The maximum absolute atomic E-state index is 3.26. The van der Waals surface area contributed by atoms with Crippen molar-refractivity contribution in [1.29, 1.82) is 0 Å². The van der Waals surface area contributed by atoms with Crippen molar-refractivity contribution in [3.05, 3.63) is 0 Å². The fraction of sp³-hybridized carbons (Fsp3) is 1.00. The van der Waals surface area contributed by atoms with E-state index < -0.39 is 0 Å². The van der Waals surface area contributed by atoms with Crippen LogP contribution in [0.5, 0.6) is 0 Å². The van der Waals surface area contributed by atoms with Gasteiger partial charge in [-0.15, -0.1) is 0 Å². The first-order valence-electron chi connectivity index (χ1n) is 3.11. The standard InChI is InChI=1S/C6H13N.CH4/c1-7-6-4-2-3-5-6;/h6-7H,2-5H2,1H3;1H4. The molecule has 1 aliphatic carbocycles. The van der Waals surface area contributed by atoms with E-state index in [4.69, 9.17) is 0 Å². The first-order chi connectivity index (χ1) is 3.43. The Morgan fingerprint density at radius 3 is 2.00 bits per heavy atom. The molecule has 0 aromatic rings. The quantitative estimate of drug-likeness (QED) is 0.549. The van der Waals surface area contributed by atoms with E-state index in [9.17, 15) is 0 Å². The Hall–Kier alpha value is -0.0400. The van der Waals surface area contributed by atoms with E-state index in [0.29, 0.717) is 0 Å². The number of rotatable bonds is 1. The van der Waals surface area contributed by atoms with E-state index in [1.165, 1.54) is 25.7 Å². The SMILES string of the molecule is C.CNC1CCCC1. The van der Waals surface area contributed by atoms with Gasteiger partial charge in [-0.2, -0.15) is 0 Å². The highest BCUT2D eigenvalue weighted by molar-refractivity contribution is 4.70. The lowest BCUT2D eigenvalue weighted by Gasteiger charge is -2.03. The fourth-order valence-electron chi connectivity index (χ4n) is 1.21. The lowest BCUT2D eigenvalue weighted by atomic mass is 10.3. The zero-order valence-corrected chi connectivity index (χ0v) is 4.91. The summed E-state index contributed by atoms with van der Waals surface area (Å²) in [4.78, 5) is 0. The van der Waals surface area contributed by atoms with Crippen LogP contribution in [0.1, 0.15) is 33.1 Å². The Morgan fingerprint density at radius 2 is 1.75 bits per heavy atom. The van der Waals surface area contributed by atoms with Gasteiger partial charge in [0.25, 0.3) is 0 Å². The average Bonchev–Trinajstić information content (AvgIpc) is 2.14. The molecule has 0 radical (unpaired) electrons. The van der Waals surface area contributed by atoms with Crippen molar-refractivity contribution in [1.82, 2.24) is 5.32 Å². The number of hydrogen-bond acceptors (Lipinski definition) is 1. The summed E-state index contributed by atoms with van der Waals surface area (Å²) in [6.07, 6.45) is 5.67. The van der Waals surface area contributed by atoms with Crippen molar-refractivity contribution in [2.75, 3.05) is 7.05 Å². The van der Waals surface area contributed by atoms with Gasteiger partial charge >= 0.3 is 0 Å². The molecule has 0 aromatic heterocycles. The van der Waals surface area contributed by atoms with Gasteiger partial charge in [0, 0.05) is 6.04 Å². The fourth-order valence-corrected chi connectivity index (χ4v) is 1.21. The summed E-state index contributed by atoms with van der Waals surface area (Å²) in [7, 11) is 2.05. The Morgan fingerprint density at radius 1 is 1.25 bits per heavy atom. The molecule has 0 bridgehead atoms. The monoisotopic (exact) mass is 115 g/mol. The summed E-state index contributed by atoms with van der Waals surface area (Å²) >= 11 is 0. The molecular formula is C7H17N. The molecule has 0 aromatic carbocycles. The van der Waals surface area contributed by atoms with Gasteiger partial charge in [0.2, 0.25) is 0 Å². The lowest BCUT2D eigenvalue weighted by Crippen LogP contribution is -2.20. The minimum atomic E-state index is 0. The first-order valence-corrected chi connectivity index (χ1v) is 3.11. The number of nitrogens with one attached hydrogen (secondary N) is 1. The predicted molar refractivity (Wildman–Crippen MR) is 38.0 cm³/mol. The van der Waals surface area contributed by atoms with Gasteiger partial charge < -0.3 is 5.32 Å². The van der Waals surface area contributed by atoms with Crippen LogP contribution < -0.4 is 5.32 Å². The van der Waals surface area contributed by atoms with E-state index in [1.54, 1.807) is 0 Å². The molecule has 1 nitrogen and oxygen atoms in total. The van der Waals surface area contributed by atoms with Crippen molar-refractivity contribution in [3.8, 4) is 0 Å². The molecule has 8 heavy (non-hydrogen) atoms. The third-order valence-electron chi connectivity index (χ3n) is 1.76. The maximum Gasteiger partial charge on any atom is 0.00640 e. The third-order valence-corrected chi connectivity index (χ3v) is 1.76. The first kappa shape index (κ1) is 7.96. The zero-order chi connectivity index (χ0) is 5.11. The van der Waals surface area contributed by atoms with Gasteiger partial charge in [0.15, 0.2) is 0 Å². The summed E-state index contributed by atoms with van der Waals surface area (Å²) < 4.78 is 0. The van der Waals surface area contributed by atoms with Crippen LogP contribution in [0.2, 0.25) is 0 Å². The molecule has 0 spiro atoms. The molecular weight excluding hydrogens is 98.1 g/mol. The summed E-state index contributed by atoms with van der Waals surface area (Å²) in [5.41, 5.74) is 0. The van der Waals surface area contributed by atoms with Crippen molar-refractivity contribution in [2.45, 2.75) is 39.2 Å². The van der Waals surface area contributed by atoms with Crippen molar-refractivity contribution in [2.24, 2.45) is 0 Å². The smallest absolute Gasteiger partial charge is 0.00640 e. The average molecular weight is 115 g/mol. The van der Waals surface area contributed by atoms with E-state index in [0.717, 1.165) is 6.04 Å². The summed E-state index contributed by atoms with van der Waals surface area (Å²) in [6.45, 7) is 0. The number of hydrogen-bond donors (Lipinski definition) is 1. The van der Waals surface area contributed by atoms with Gasteiger partial charge in [-0.25, -0.2) is 0 Å². The van der Waals surface area contributed by atoms with Crippen LogP contribution in [0.15, 0.2) is 0 Å². The van der Waals surface area contributed by atoms with Crippen LogP contribution in [0, 0.1) is 0 Å². The molecule has 1 rings (SSSR count). The molecule has 1 saturated carbocycles. The molecule has 1 N–H and O–H groups in total. The van der Waals surface area contributed by atoms with Crippen LogP contribution in [0.4, 0.5) is 0 Å². The lowest BCUT2D eigenvalue weighted by molar-refractivity contribution is 0.582. The highest BCUT2D eigenvalue weighted by Gasteiger charge is 2.10. The molecule has 1 heteroatoms. The highest BCUT2D eigenvalue weighted by Crippen LogP contribution is 2.16. The van der Waals surface area contributed by atoms with Crippen LogP contribution in [0.3, 0.4) is 0 Å². The van der Waals surface area contributed by atoms with E-state index in [2.05, 4.69) is 12.4 Å². The van der Waals surface area contributed by atoms with Crippen LogP contribution >= 0.6 is 0 Å². The van der Waals surface area contributed by atoms with Gasteiger partial charge in [-0.3, -0.25) is 0 Å². The Bertz CT molecular complexity index is 46.3. The summed E-state index contributed by atoms with van der Waals surface area (Å²) in [6, 6.07) is 0.847. The molecule has 50 valence electrons. The van der Waals surface area contributed by atoms with Crippen LogP contribution in [0.25, 0.3) is 0 Å². The third kappa shape index (κ3) is 1.83. The van der Waals surface area contributed by atoms with Crippen molar-refractivity contribution >= 4 is 0 Å². The second kappa shape index (κ2) is 3.90. The van der Waals surface area contributed by atoms with E-state index >= 15 is 0 Å². The minimum absolute atomic E-state index is 0. The topological polar surface area (TPSA) is 12.0 Å². The van der Waals surface area contributed by atoms with Crippen LogP contribution in [-0.4, -0.2) is 13.1 Å². The van der Waals surface area contributed by atoms with Gasteiger partial charge in [-0.05, 0) is 19.9 Å². The minimum Gasteiger partial charge on any atom is -0.317 e. The molecule has 0 atom stereocenters. The largest absolute Gasteiger partial charge is 0.317 e. The van der Waals surface area contributed by atoms with Crippen LogP contribution in [-0.2, 0) is 0 Å². The molecule has 0 aliphatic heterocycles. The van der Waals surface area contributed by atoms with Gasteiger partial charge in [-0.1, -0.05) is 20.3 Å². The van der Waals surface area contributed by atoms with Gasteiger partial charge in [0.1, 0.15) is 0 Å². The zero-order valence-electron chi connectivity index (χ0n) is 4.91. The molecule has 1 aliphatic rings. The van der Waals surface area contributed by atoms with E-state index in [1.807, 2.05) is 0 Å². The summed E-state index contributed by atoms with van der Waals surface area (Å²) in [5, 5.41) is 3.26. The molecule has 0 saturated heterocycles. The normalized spacial score (nSPS) is 20.6. The second-order valence-corrected chi connectivity index (χ2v) is 2.27. The van der Waals surface area contributed by atoms with E-state index in [-0.39, 0.29) is 7.43 Å². The second-order valence-electron chi connectivity index (χ2n) is 2.27. The predicted octanol–water partition coefficient (Wildman–Crippen LogP) is 1.78. The molecule has 0 unspecified atom stereocenters. The summed E-state index contributed by atoms with van der Waals surface area (Å²) in [5.74, 6) is 0. The van der Waals surface area contributed by atoms with Crippen molar-refractivity contribution < 1.29 is 0 Å².